The van der Waals surface area contributed by atoms with Crippen LogP contribution in [0.5, 0.6) is 5.75 Å². The molecule has 1 aliphatic heterocycles. The van der Waals surface area contributed by atoms with Crippen LogP contribution < -0.4 is 5.73 Å². The first-order valence-corrected chi connectivity index (χ1v) is 16.5. The van der Waals surface area contributed by atoms with Crippen molar-refractivity contribution >= 4 is 29.2 Å². The highest BCUT2D eigenvalue weighted by Gasteiger charge is 2.28. The molecular formula is C39H37N7O3. The quantitative estimate of drug-likeness (QED) is 0.172. The summed E-state index contributed by atoms with van der Waals surface area (Å²) < 4.78 is 2.05. The highest BCUT2D eigenvalue weighted by atomic mass is 16.3. The third-order valence-corrected chi connectivity index (χ3v) is 9.26. The minimum atomic E-state index is -0.123. The first kappa shape index (κ1) is 31.7. The molecule has 4 heterocycles. The number of likely N-dealkylation sites (tertiary alicyclic amines) is 1. The monoisotopic (exact) mass is 651 g/mol. The van der Waals surface area contributed by atoms with Crippen molar-refractivity contribution in [3.8, 4) is 34.1 Å². The number of anilines is 1. The third-order valence-electron chi connectivity index (χ3n) is 9.26. The third kappa shape index (κ3) is 6.38. The molecule has 0 saturated carbocycles. The van der Waals surface area contributed by atoms with Gasteiger partial charge < -0.3 is 15.7 Å². The number of amides is 1. The van der Waals surface area contributed by atoms with E-state index in [9.17, 15) is 14.7 Å². The van der Waals surface area contributed by atoms with Gasteiger partial charge in [-0.15, -0.1) is 0 Å². The molecule has 10 nitrogen and oxygen atoms in total. The van der Waals surface area contributed by atoms with Crippen molar-refractivity contribution in [1.82, 2.24) is 29.3 Å². The molecule has 0 aliphatic carbocycles. The molecule has 3 aromatic carbocycles. The van der Waals surface area contributed by atoms with Crippen LogP contribution in [0.2, 0.25) is 0 Å². The lowest BCUT2D eigenvalue weighted by atomic mass is 10.0. The molecular weight excluding hydrogens is 614 g/mol. The smallest absolute Gasteiger partial charge is 0.254 e. The number of aromatic nitrogens is 4. The van der Waals surface area contributed by atoms with Crippen LogP contribution >= 0.6 is 0 Å². The Morgan fingerprint density at radius 1 is 0.959 bits per heavy atom. The Morgan fingerprint density at radius 2 is 1.73 bits per heavy atom. The number of nitrogens with zero attached hydrogens (tertiary/aromatic N) is 6. The van der Waals surface area contributed by atoms with Crippen molar-refractivity contribution in [2.75, 3.05) is 25.4 Å². The number of phenols is 1. The maximum atomic E-state index is 13.4. The summed E-state index contributed by atoms with van der Waals surface area (Å²) >= 11 is 0. The van der Waals surface area contributed by atoms with Crippen LogP contribution in [-0.4, -0.2) is 72.3 Å². The van der Waals surface area contributed by atoms with Gasteiger partial charge in [0.2, 0.25) is 0 Å². The second kappa shape index (κ2) is 13.7. The standard InChI is InChI=1S/C39H37N7O3/c1-2-45(39(49)28-12-17-35(48)29(23-28)25-47)30-18-21-44(22-19-30)24-26-10-13-31(14-11-26)46-37(32-9-6-20-41-36(32)40)43-34-16-15-33(42-38(34)46)27-7-4-3-5-8-27/h3-17,20,23,25,30,48H,2,18-19,21-22,24H2,1H3,(H2,40,41). The predicted molar refractivity (Wildman–Crippen MR) is 190 cm³/mol. The Morgan fingerprint density at radius 3 is 2.45 bits per heavy atom. The lowest BCUT2D eigenvalue weighted by molar-refractivity contribution is 0.0581. The lowest BCUT2D eigenvalue weighted by Crippen LogP contribution is -2.47. The van der Waals surface area contributed by atoms with Crippen LogP contribution in [0.25, 0.3) is 39.5 Å². The molecule has 7 rings (SSSR count). The van der Waals surface area contributed by atoms with Crippen LogP contribution in [0.1, 0.15) is 46.0 Å². The molecule has 1 fully saturated rings. The van der Waals surface area contributed by atoms with Crippen molar-refractivity contribution in [3.63, 3.8) is 0 Å². The van der Waals surface area contributed by atoms with Crippen LogP contribution in [0.3, 0.4) is 0 Å². The van der Waals surface area contributed by atoms with Gasteiger partial charge in [0.1, 0.15) is 17.1 Å². The second-order valence-electron chi connectivity index (χ2n) is 12.3. The normalized spacial score (nSPS) is 13.8. The minimum absolute atomic E-state index is 0.103. The topological polar surface area (TPSA) is 130 Å². The summed E-state index contributed by atoms with van der Waals surface area (Å²) in [5.74, 6) is 0.837. The summed E-state index contributed by atoms with van der Waals surface area (Å²) in [6, 6.07) is 30.9. The summed E-state index contributed by atoms with van der Waals surface area (Å²) in [5.41, 5.74) is 13.1. The highest BCUT2D eigenvalue weighted by molar-refractivity contribution is 5.96. The number of carbonyl (C=O) groups is 2. The molecule has 1 amide bonds. The van der Waals surface area contributed by atoms with Gasteiger partial charge in [-0.05, 0) is 79.9 Å². The molecule has 0 bridgehead atoms. The highest BCUT2D eigenvalue weighted by Crippen LogP contribution is 2.32. The average molecular weight is 652 g/mol. The van der Waals surface area contributed by atoms with Crippen molar-refractivity contribution in [2.24, 2.45) is 0 Å². The van der Waals surface area contributed by atoms with Gasteiger partial charge in [-0.25, -0.2) is 15.0 Å². The second-order valence-corrected chi connectivity index (χ2v) is 12.3. The number of benzene rings is 3. The summed E-state index contributed by atoms with van der Waals surface area (Å²) in [4.78, 5) is 43.3. The Kier molecular flexibility index (Phi) is 8.87. The van der Waals surface area contributed by atoms with Gasteiger partial charge in [-0.3, -0.25) is 19.1 Å². The number of fused-ring (bicyclic) bond motifs is 1. The number of nitrogens with two attached hydrogens (primary N) is 1. The van der Waals surface area contributed by atoms with E-state index in [0.717, 1.165) is 66.1 Å². The first-order chi connectivity index (χ1) is 23.9. The number of phenolic OH excluding ortho intramolecular Hbond substituents is 1. The zero-order valence-electron chi connectivity index (χ0n) is 27.2. The number of pyridine rings is 2. The minimum Gasteiger partial charge on any atom is -0.507 e. The van der Waals surface area contributed by atoms with Gasteiger partial charge in [0.25, 0.3) is 5.91 Å². The molecule has 1 aliphatic rings. The number of aromatic hydroxyl groups is 1. The molecule has 3 N–H and O–H groups in total. The van der Waals surface area contributed by atoms with Gasteiger partial charge in [-0.1, -0.05) is 42.5 Å². The molecule has 0 unspecified atom stereocenters. The maximum Gasteiger partial charge on any atom is 0.254 e. The molecule has 6 aromatic rings. The Labute approximate surface area is 284 Å². The molecule has 0 radical (unpaired) electrons. The van der Waals surface area contributed by atoms with Crippen LogP contribution in [0, 0.1) is 0 Å². The predicted octanol–water partition coefficient (Wildman–Crippen LogP) is 6.38. The van der Waals surface area contributed by atoms with Crippen molar-refractivity contribution in [3.05, 3.63) is 120 Å². The summed E-state index contributed by atoms with van der Waals surface area (Å²) in [7, 11) is 0. The molecule has 246 valence electrons. The van der Waals surface area contributed by atoms with Crippen molar-refractivity contribution in [2.45, 2.75) is 32.4 Å². The number of carbonyl (C=O) groups excluding carboxylic acids is 2. The number of hydrogen-bond donors (Lipinski definition) is 2. The van der Waals surface area contributed by atoms with E-state index in [1.807, 2.05) is 71.0 Å². The van der Waals surface area contributed by atoms with Gasteiger partial charge in [0, 0.05) is 55.2 Å². The van der Waals surface area contributed by atoms with E-state index in [2.05, 4.69) is 34.1 Å². The fourth-order valence-electron chi connectivity index (χ4n) is 6.67. The zero-order chi connectivity index (χ0) is 33.9. The fraction of sp³-hybridized carbons (Fsp3) is 0.205. The number of rotatable bonds is 9. The van der Waals surface area contributed by atoms with Gasteiger partial charge in [0.05, 0.1) is 16.8 Å². The van der Waals surface area contributed by atoms with E-state index < -0.39 is 0 Å². The number of hydrogen-bond acceptors (Lipinski definition) is 8. The molecule has 49 heavy (non-hydrogen) atoms. The first-order valence-electron chi connectivity index (χ1n) is 16.5. The van der Waals surface area contributed by atoms with Crippen LogP contribution in [-0.2, 0) is 6.54 Å². The SMILES string of the molecule is CCN(C(=O)c1ccc(O)c(C=O)c1)C1CCN(Cc2ccc(-n3c(-c4cccnc4N)nc4ccc(-c5ccccc5)nc43)cc2)CC1. The van der Waals surface area contributed by atoms with Crippen LogP contribution in [0.15, 0.2) is 103 Å². The summed E-state index contributed by atoms with van der Waals surface area (Å²) in [5, 5.41) is 9.86. The number of nitrogen functional groups attached to an aromatic ring is 1. The van der Waals surface area contributed by atoms with Gasteiger partial charge in [-0.2, -0.15) is 0 Å². The molecule has 1 saturated heterocycles. The Balaban J connectivity index is 1.10. The van der Waals surface area contributed by atoms with Gasteiger partial charge in [0.15, 0.2) is 17.8 Å². The van der Waals surface area contributed by atoms with E-state index in [-0.39, 0.29) is 23.3 Å². The molecule has 3 aromatic heterocycles. The largest absolute Gasteiger partial charge is 0.507 e. The van der Waals surface area contributed by atoms with E-state index in [1.165, 1.54) is 17.7 Å². The van der Waals surface area contributed by atoms with Gasteiger partial charge >= 0.3 is 0 Å². The van der Waals surface area contributed by atoms with E-state index in [1.54, 1.807) is 12.3 Å². The lowest BCUT2D eigenvalue weighted by Gasteiger charge is -2.38. The number of imidazole rings is 1. The summed E-state index contributed by atoms with van der Waals surface area (Å²) in [6.45, 7) is 5.04. The van der Waals surface area contributed by atoms with E-state index >= 15 is 0 Å². The van der Waals surface area contributed by atoms with Crippen LogP contribution in [0.4, 0.5) is 5.82 Å². The molecule has 0 spiro atoms. The van der Waals surface area contributed by atoms with E-state index in [4.69, 9.17) is 15.7 Å². The zero-order valence-corrected chi connectivity index (χ0v) is 27.2. The molecule has 10 heteroatoms. The fourth-order valence-corrected chi connectivity index (χ4v) is 6.67. The van der Waals surface area contributed by atoms with Crippen molar-refractivity contribution in [1.29, 1.82) is 0 Å². The number of piperidine rings is 1. The maximum absolute atomic E-state index is 13.4. The Bertz CT molecular complexity index is 2120. The van der Waals surface area contributed by atoms with Crippen molar-refractivity contribution < 1.29 is 14.7 Å². The average Bonchev–Trinajstić information content (AvgIpc) is 3.52. The molecule has 0 atom stereocenters. The number of aldehydes is 1. The summed E-state index contributed by atoms with van der Waals surface area (Å²) in [6.07, 6.45) is 3.94. The Hall–Kier alpha value is -5.87. The van der Waals surface area contributed by atoms with E-state index in [0.29, 0.717) is 30.0 Å².